The summed E-state index contributed by atoms with van der Waals surface area (Å²) in [5, 5.41) is 23.3. The van der Waals surface area contributed by atoms with Crippen molar-refractivity contribution < 1.29 is 14.5 Å². The maximum atomic E-state index is 12.0. The van der Waals surface area contributed by atoms with Crippen LogP contribution in [0.2, 0.25) is 0 Å². The number of fused-ring (bicyclic) bond motifs is 1. The quantitative estimate of drug-likeness (QED) is 0.482. The Morgan fingerprint density at radius 1 is 1.20 bits per heavy atom. The summed E-state index contributed by atoms with van der Waals surface area (Å²) in [5.74, 6) is -0.981. The standard InChI is InChI=1S/C16H13N5O4/c22-15(19-12-4-5-14-11(6-12)8-18-20-14)9-17-16(23)10-2-1-3-13(7-10)21(24)25/h1-8H,9H2,(H,17,23)(H,18,20)(H,19,22). The Balaban J connectivity index is 1.58. The van der Waals surface area contributed by atoms with E-state index in [1.165, 1.54) is 18.2 Å². The molecule has 0 unspecified atom stereocenters. The lowest BCUT2D eigenvalue weighted by Crippen LogP contribution is -2.32. The number of anilines is 1. The maximum Gasteiger partial charge on any atom is 0.270 e. The number of hydrogen-bond acceptors (Lipinski definition) is 5. The molecule has 0 aliphatic carbocycles. The zero-order chi connectivity index (χ0) is 17.8. The van der Waals surface area contributed by atoms with Crippen molar-refractivity contribution in [2.45, 2.75) is 0 Å². The lowest BCUT2D eigenvalue weighted by molar-refractivity contribution is -0.384. The highest BCUT2D eigenvalue weighted by atomic mass is 16.6. The number of nitro benzene ring substituents is 1. The third kappa shape index (κ3) is 3.78. The van der Waals surface area contributed by atoms with Crippen LogP contribution < -0.4 is 10.6 Å². The molecule has 0 radical (unpaired) electrons. The molecule has 25 heavy (non-hydrogen) atoms. The third-order valence-corrected chi connectivity index (χ3v) is 3.45. The van der Waals surface area contributed by atoms with E-state index in [1.807, 2.05) is 0 Å². The van der Waals surface area contributed by atoms with Crippen LogP contribution in [0, 0.1) is 10.1 Å². The van der Waals surface area contributed by atoms with Gasteiger partial charge in [-0.3, -0.25) is 24.8 Å². The fraction of sp³-hybridized carbons (Fsp3) is 0.0625. The molecule has 2 aromatic carbocycles. The van der Waals surface area contributed by atoms with Crippen molar-refractivity contribution in [2.75, 3.05) is 11.9 Å². The first kappa shape index (κ1) is 16.1. The summed E-state index contributed by atoms with van der Waals surface area (Å²) in [5.41, 5.74) is 1.34. The van der Waals surface area contributed by atoms with Crippen molar-refractivity contribution in [1.29, 1.82) is 0 Å². The molecule has 9 heteroatoms. The number of nitrogens with one attached hydrogen (secondary N) is 3. The van der Waals surface area contributed by atoms with Crippen LogP contribution in [0.25, 0.3) is 10.9 Å². The Morgan fingerprint density at radius 3 is 2.84 bits per heavy atom. The Labute approximate surface area is 141 Å². The number of aromatic amines is 1. The number of rotatable bonds is 5. The van der Waals surface area contributed by atoms with E-state index in [0.717, 1.165) is 17.0 Å². The number of benzene rings is 2. The van der Waals surface area contributed by atoms with Crippen LogP contribution in [0.15, 0.2) is 48.7 Å². The van der Waals surface area contributed by atoms with Crippen LogP contribution in [0.4, 0.5) is 11.4 Å². The lowest BCUT2D eigenvalue weighted by Gasteiger charge is -2.07. The van der Waals surface area contributed by atoms with Crippen LogP contribution in [0.5, 0.6) is 0 Å². The monoisotopic (exact) mass is 339 g/mol. The van der Waals surface area contributed by atoms with Gasteiger partial charge in [-0.15, -0.1) is 0 Å². The fourth-order valence-electron chi connectivity index (χ4n) is 2.25. The van der Waals surface area contributed by atoms with E-state index in [0.29, 0.717) is 5.69 Å². The normalized spacial score (nSPS) is 10.4. The van der Waals surface area contributed by atoms with Crippen LogP contribution in [-0.2, 0) is 4.79 Å². The van der Waals surface area contributed by atoms with Gasteiger partial charge in [-0.1, -0.05) is 6.07 Å². The topological polar surface area (TPSA) is 130 Å². The first-order chi connectivity index (χ1) is 12.0. The van der Waals surface area contributed by atoms with Gasteiger partial charge in [-0.05, 0) is 24.3 Å². The second-order valence-electron chi connectivity index (χ2n) is 5.21. The number of non-ortho nitro benzene ring substituents is 1. The number of H-pyrrole nitrogens is 1. The zero-order valence-corrected chi connectivity index (χ0v) is 12.9. The van der Waals surface area contributed by atoms with Gasteiger partial charge in [0.15, 0.2) is 0 Å². The summed E-state index contributed by atoms with van der Waals surface area (Å²) in [6, 6.07) is 10.5. The van der Waals surface area contributed by atoms with E-state index >= 15 is 0 Å². The van der Waals surface area contributed by atoms with Gasteiger partial charge in [-0.25, -0.2) is 0 Å². The molecule has 0 bridgehead atoms. The van der Waals surface area contributed by atoms with E-state index in [2.05, 4.69) is 20.8 Å². The van der Waals surface area contributed by atoms with Crippen LogP contribution in [0.1, 0.15) is 10.4 Å². The highest BCUT2D eigenvalue weighted by molar-refractivity contribution is 6.00. The molecule has 0 spiro atoms. The third-order valence-electron chi connectivity index (χ3n) is 3.45. The van der Waals surface area contributed by atoms with E-state index in [4.69, 9.17) is 0 Å². The predicted molar refractivity (Wildman–Crippen MR) is 90.2 cm³/mol. The SMILES string of the molecule is O=C(CNC(=O)c1cccc([N+](=O)[O-])c1)Nc1ccc2[nH]ncc2c1. The summed E-state index contributed by atoms with van der Waals surface area (Å²) in [6.07, 6.45) is 1.63. The summed E-state index contributed by atoms with van der Waals surface area (Å²) in [7, 11) is 0. The Hall–Kier alpha value is -3.75. The minimum absolute atomic E-state index is 0.113. The van der Waals surface area contributed by atoms with Crippen LogP contribution in [-0.4, -0.2) is 33.5 Å². The van der Waals surface area contributed by atoms with Crippen LogP contribution in [0.3, 0.4) is 0 Å². The molecule has 0 aliphatic rings. The molecule has 3 N–H and O–H groups in total. The van der Waals surface area contributed by atoms with Crippen LogP contribution >= 0.6 is 0 Å². The maximum absolute atomic E-state index is 12.0. The molecule has 0 saturated carbocycles. The average molecular weight is 339 g/mol. The zero-order valence-electron chi connectivity index (χ0n) is 12.9. The van der Waals surface area contributed by atoms with Crippen molar-refractivity contribution in [1.82, 2.24) is 15.5 Å². The largest absolute Gasteiger partial charge is 0.343 e. The fourth-order valence-corrected chi connectivity index (χ4v) is 2.25. The molecule has 2 amide bonds. The van der Waals surface area contributed by atoms with Crippen molar-refractivity contribution >= 4 is 34.1 Å². The van der Waals surface area contributed by atoms with Gasteiger partial charge in [-0.2, -0.15) is 5.10 Å². The van der Waals surface area contributed by atoms with Gasteiger partial charge in [0.2, 0.25) is 5.91 Å². The Kier molecular flexibility index (Phi) is 4.38. The number of nitrogens with zero attached hydrogens (tertiary/aromatic N) is 2. The van der Waals surface area contributed by atoms with E-state index in [1.54, 1.807) is 24.4 Å². The number of hydrogen-bond donors (Lipinski definition) is 3. The molecule has 3 rings (SSSR count). The molecule has 126 valence electrons. The lowest BCUT2D eigenvalue weighted by atomic mass is 10.2. The molecular formula is C16H13N5O4. The summed E-state index contributed by atoms with van der Waals surface area (Å²) < 4.78 is 0. The van der Waals surface area contributed by atoms with Gasteiger partial charge < -0.3 is 10.6 Å². The predicted octanol–water partition coefficient (Wildman–Crippen LogP) is 1.84. The van der Waals surface area contributed by atoms with Gasteiger partial charge >= 0.3 is 0 Å². The second kappa shape index (κ2) is 6.79. The molecule has 0 atom stereocenters. The van der Waals surface area contributed by atoms with Crippen molar-refractivity contribution in [3.8, 4) is 0 Å². The first-order valence-electron chi connectivity index (χ1n) is 7.28. The van der Waals surface area contributed by atoms with Gasteiger partial charge in [0.1, 0.15) is 0 Å². The smallest absolute Gasteiger partial charge is 0.270 e. The minimum atomic E-state index is -0.588. The van der Waals surface area contributed by atoms with Gasteiger partial charge in [0, 0.05) is 28.8 Å². The molecule has 1 aromatic heterocycles. The number of amides is 2. The van der Waals surface area contributed by atoms with E-state index < -0.39 is 16.7 Å². The van der Waals surface area contributed by atoms with Crippen molar-refractivity contribution in [2.24, 2.45) is 0 Å². The highest BCUT2D eigenvalue weighted by Crippen LogP contribution is 2.16. The average Bonchev–Trinajstić information content (AvgIpc) is 3.07. The number of carbonyl (C=O) groups is 2. The van der Waals surface area contributed by atoms with Crippen molar-refractivity contribution in [3.63, 3.8) is 0 Å². The summed E-state index contributed by atoms with van der Waals surface area (Å²) in [6.45, 7) is -0.259. The molecule has 3 aromatic rings. The first-order valence-corrected chi connectivity index (χ1v) is 7.28. The van der Waals surface area contributed by atoms with E-state index in [-0.39, 0.29) is 17.8 Å². The molecule has 0 fully saturated rings. The highest BCUT2D eigenvalue weighted by Gasteiger charge is 2.12. The second-order valence-corrected chi connectivity index (χ2v) is 5.21. The molecule has 9 nitrogen and oxygen atoms in total. The number of carbonyl (C=O) groups excluding carboxylic acids is 2. The molecule has 0 aliphatic heterocycles. The van der Waals surface area contributed by atoms with Gasteiger partial charge in [0.05, 0.1) is 23.2 Å². The summed E-state index contributed by atoms with van der Waals surface area (Å²) in [4.78, 5) is 34.1. The summed E-state index contributed by atoms with van der Waals surface area (Å²) >= 11 is 0. The molecule has 0 saturated heterocycles. The van der Waals surface area contributed by atoms with Crippen molar-refractivity contribution in [3.05, 3.63) is 64.3 Å². The number of aromatic nitrogens is 2. The minimum Gasteiger partial charge on any atom is -0.343 e. The van der Waals surface area contributed by atoms with Gasteiger partial charge in [0.25, 0.3) is 11.6 Å². The van der Waals surface area contributed by atoms with E-state index in [9.17, 15) is 19.7 Å². The molecule has 1 heterocycles. The Bertz CT molecular complexity index is 966. The molecular weight excluding hydrogens is 326 g/mol. The number of nitro groups is 1. The Morgan fingerprint density at radius 2 is 2.04 bits per heavy atom.